The molecule has 1 aromatic heterocycles. The molecule has 3 nitrogen and oxygen atoms in total. The van der Waals surface area contributed by atoms with Crippen molar-refractivity contribution in [2.45, 2.75) is 46.6 Å². The highest BCUT2D eigenvalue weighted by molar-refractivity contribution is 5.91. The SMILES string of the molecule is CCN(CC)CCCC(C)Nc1ccnc2cc(C)ccc12. The zero-order chi connectivity index (χ0) is 15.9. The number of hydrogen-bond acceptors (Lipinski definition) is 3. The Kier molecular flexibility index (Phi) is 6.20. The molecule has 0 aliphatic heterocycles. The Labute approximate surface area is 134 Å². The summed E-state index contributed by atoms with van der Waals surface area (Å²) in [4.78, 5) is 6.95. The molecular weight excluding hydrogens is 270 g/mol. The highest BCUT2D eigenvalue weighted by Crippen LogP contribution is 2.23. The first-order valence-corrected chi connectivity index (χ1v) is 8.48. The molecule has 1 unspecified atom stereocenters. The van der Waals surface area contributed by atoms with Crippen LogP contribution in [0.3, 0.4) is 0 Å². The normalized spacial score (nSPS) is 12.8. The van der Waals surface area contributed by atoms with Crippen LogP contribution >= 0.6 is 0 Å². The Balaban J connectivity index is 1.95. The number of aromatic nitrogens is 1. The van der Waals surface area contributed by atoms with E-state index in [0.717, 1.165) is 18.6 Å². The molecule has 22 heavy (non-hydrogen) atoms. The fourth-order valence-corrected chi connectivity index (χ4v) is 2.88. The van der Waals surface area contributed by atoms with Crippen LogP contribution in [0, 0.1) is 6.92 Å². The van der Waals surface area contributed by atoms with Crippen LogP contribution in [0.15, 0.2) is 30.5 Å². The van der Waals surface area contributed by atoms with Crippen molar-refractivity contribution in [1.29, 1.82) is 0 Å². The van der Waals surface area contributed by atoms with Gasteiger partial charge in [0.05, 0.1) is 5.52 Å². The van der Waals surface area contributed by atoms with Crippen LogP contribution in [0.4, 0.5) is 5.69 Å². The molecule has 0 saturated heterocycles. The molecule has 120 valence electrons. The molecule has 1 heterocycles. The molecular formula is C19H29N3. The number of rotatable bonds is 8. The molecule has 0 saturated carbocycles. The number of benzene rings is 1. The van der Waals surface area contributed by atoms with E-state index in [1.165, 1.54) is 36.0 Å². The van der Waals surface area contributed by atoms with Gasteiger partial charge < -0.3 is 10.2 Å². The van der Waals surface area contributed by atoms with Crippen molar-refractivity contribution < 1.29 is 0 Å². The van der Waals surface area contributed by atoms with Crippen molar-refractivity contribution in [3.8, 4) is 0 Å². The Morgan fingerprint density at radius 1 is 1.18 bits per heavy atom. The van der Waals surface area contributed by atoms with Gasteiger partial charge >= 0.3 is 0 Å². The van der Waals surface area contributed by atoms with Gasteiger partial charge in [-0.3, -0.25) is 4.98 Å². The average Bonchev–Trinajstić information content (AvgIpc) is 2.51. The molecule has 0 spiro atoms. The molecule has 1 N–H and O–H groups in total. The lowest BCUT2D eigenvalue weighted by molar-refractivity contribution is 0.295. The van der Waals surface area contributed by atoms with Gasteiger partial charge in [-0.1, -0.05) is 26.0 Å². The summed E-state index contributed by atoms with van der Waals surface area (Å²) >= 11 is 0. The van der Waals surface area contributed by atoms with Gasteiger partial charge in [-0.25, -0.2) is 0 Å². The van der Waals surface area contributed by atoms with Gasteiger partial charge in [-0.15, -0.1) is 0 Å². The van der Waals surface area contributed by atoms with Crippen molar-refractivity contribution in [3.05, 3.63) is 36.0 Å². The van der Waals surface area contributed by atoms with E-state index >= 15 is 0 Å². The van der Waals surface area contributed by atoms with Crippen LogP contribution in [-0.2, 0) is 0 Å². The Hall–Kier alpha value is -1.61. The minimum atomic E-state index is 0.475. The second-order valence-corrected chi connectivity index (χ2v) is 6.09. The highest BCUT2D eigenvalue weighted by Gasteiger charge is 2.07. The average molecular weight is 299 g/mol. The number of pyridine rings is 1. The van der Waals surface area contributed by atoms with E-state index in [1.807, 2.05) is 6.20 Å². The maximum Gasteiger partial charge on any atom is 0.0725 e. The van der Waals surface area contributed by atoms with Crippen LogP contribution in [-0.4, -0.2) is 35.6 Å². The van der Waals surface area contributed by atoms with Crippen LogP contribution in [0.5, 0.6) is 0 Å². The molecule has 3 heteroatoms. The lowest BCUT2D eigenvalue weighted by Crippen LogP contribution is -2.25. The smallest absolute Gasteiger partial charge is 0.0725 e. The second-order valence-electron chi connectivity index (χ2n) is 6.09. The predicted molar refractivity (Wildman–Crippen MR) is 96.6 cm³/mol. The molecule has 0 aliphatic carbocycles. The molecule has 0 bridgehead atoms. The van der Waals surface area contributed by atoms with Crippen molar-refractivity contribution in [2.24, 2.45) is 0 Å². The van der Waals surface area contributed by atoms with Gasteiger partial charge in [-0.2, -0.15) is 0 Å². The lowest BCUT2D eigenvalue weighted by Gasteiger charge is -2.20. The quantitative estimate of drug-likeness (QED) is 0.779. The van der Waals surface area contributed by atoms with Gasteiger partial charge in [0.15, 0.2) is 0 Å². The first-order chi connectivity index (χ1) is 10.6. The molecule has 0 fully saturated rings. The third-order valence-electron chi connectivity index (χ3n) is 4.31. The minimum absolute atomic E-state index is 0.475. The standard InChI is InChI=1S/C19H29N3/c1-5-22(6-2)13-7-8-16(4)21-18-11-12-20-19-14-15(3)9-10-17(18)19/h9-12,14,16H,5-8,13H2,1-4H3,(H,20,21). The number of anilines is 1. The fourth-order valence-electron chi connectivity index (χ4n) is 2.88. The van der Waals surface area contributed by atoms with E-state index in [9.17, 15) is 0 Å². The topological polar surface area (TPSA) is 28.2 Å². The van der Waals surface area contributed by atoms with E-state index in [1.54, 1.807) is 0 Å². The van der Waals surface area contributed by atoms with Gasteiger partial charge in [0.25, 0.3) is 0 Å². The van der Waals surface area contributed by atoms with E-state index in [4.69, 9.17) is 0 Å². The number of nitrogens with one attached hydrogen (secondary N) is 1. The summed E-state index contributed by atoms with van der Waals surface area (Å²) < 4.78 is 0. The van der Waals surface area contributed by atoms with Crippen molar-refractivity contribution in [1.82, 2.24) is 9.88 Å². The zero-order valence-electron chi connectivity index (χ0n) is 14.4. The van der Waals surface area contributed by atoms with Gasteiger partial charge in [0.1, 0.15) is 0 Å². The van der Waals surface area contributed by atoms with Crippen LogP contribution in [0.1, 0.15) is 39.2 Å². The highest BCUT2D eigenvalue weighted by atomic mass is 15.1. The van der Waals surface area contributed by atoms with Crippen molar-refractivity contribution in [3.63, 3.8) is 0 Å². The van der Waals surface area contributed by atoms with Crippen LogP contribution < -0.4 is 5.32 Å². The number of nitrogens with zero attached hydrogens (tertiary/aromatic N) is 2. The Bertz CT molecular complexity index is 590. The maximum atomic E-state index is 4.47. The molecule has 0 radical (unpaired) electrons. The summed E-state index contributed by atoms with van der Waals surface area (Å²) in [5.41, 5.74) is 3.52. The lowest BCUT2D eigenvalue weighted by atomic mass is 10.1. The molecule has 1 aromatic carbocycles. The largest absolute Gasteiger partial charge is 0.382 e. The first-order valence-electron chi connectivity index (χ1n) is 8.48. The first kappa shape index (κ1) is 16.8. The summed E-state index contributed by atoms with van der Waals surface area (Å²) in [6.07, 6.45) is 4.32. The van der Waals surface area contributed by atoms with Gasteiger partial charge in [0.2, 0.25) is 0 Å². The van der Waals surface area contributed by atoms with Gasteiger partial charge in [0, 0.05) is 23.3 Å². The molecule has 0 aliphatic rings. The van der Waals surface area contributed by atoms with Gasteiger partial charge in [-0.05, 0) is 64.0 Å². The molecule has 2 aromatic rings. The predicted octanol–water partition coefficient (Wildman–Crippen LogP) is 4.47. The second kappa shape index (κ2) is 8.14. The number of aryl methyl sites for hydroxylation is 1. The molecule has 1 atom stereocenters. The van der Waals surface area contributed by atoms with Crippen LogP contribution in [0.25, 0.3) is 10.9 Å². The number of fused-ring (bicyclic) bond motifs is 1. The Morgan fingerprint density at radius 2 is 1.95 bits per heavy atom. The third kappa shape index (κ3) is 4.44. The Morgan fingerprint density at radius 3 is 2.68 bits per heavy atom. The summed E-state index contributed by atoms with van der Waals surface area (Å²) in [7, 11) is 0. The minimum Gasteiger partial charge on any atom is -0.382 e. The fraction of sp³-hybridized carbons (Fsp3) is 0.526. The zero-order valence-corrected chi connectivity index (χ0v) is 14.4. The van der Waals surface area contributed by atoms with E-state index in [2.05, 4.69) is 67.2 Å². The molecule has 2 rings (SSSR count). The number of hydrogen-bond donors (Lipinski definition) is 1. The summed E-state index contributed by atoms with van der Waals surface area (Å²) in [6.45, 7) is 12.3. The summed E-state index contributed by atoms with van der Waals surface area (Å²) in [5, 5.41) is 4.87. The molecule has 0 amide bonds. The maximum absolute atomic E-state index is 4.47. The third-order valence-corrected chi connectivity index (χ3v) is 4.31. The summed E-state index contributed by atoms with van der Waals surface area (Å²) in [6, 6.07) is 9.02. The monoisotopic (exact) mass is 299 g/mol. The summed E-state index contributed by atoms with van der Waals surface area (Å²) in [5.74, 6) is 0. The van der Waals surface area contributed by atoms with E-state index < -0.39 is 0 Å². The van der Waals surface area contributed by atoms with Crippen molar-refractivity contribution in [2.75, 3.05) is 25.0 Å². The van der Waals surface area contributed by atoms with Crippen molar-refractivity contribution >= 4 is 16.6 Å². The van der Waals surface area contributed by atoms with Crippen LogP contribution in [0.2, 0.25) is 0 Å². The van der Waals surface area contributed by atoms with E-state index in [-0.39, 0.29) is 0 Å². The van der Waals surface area contributed by atoms with E-state index in [0.29, 0.717) is 6.04 Å².